The lowest BCUT2D eigenvalue weighted by molar-refractivity contribution is 0.170. The number of nitrogens with zero attached hydrogens (tertiary/aromatic N) is 4. The Kier molecular flexibility index (Phi) is 4.28. The number of aromatic nitrogens is 3. The van der Waals surface area contributed by atoms with Crippen LogP contribution in [0, 0.1) is 5.82 Å². The quantitative estimate of drug-likeness (QED) is 0.869. The second-order valence-corrected chi connectivity index (χ2v) is 5.77. The van der Waals surface area contributed by atoms with E-state index < -0.39 is 0 Å². The van der Waals surface area contributed by atoms with Gasteiger partial charge in [0.1, 0.15) is 12.4 Å². The predicted octanol–water partition coefficient (Wildman–Crippen LogP) is 2.68. The molecular weight excluding hydrogens is 291 g/mol. The van der Waals surface area contributed by atoms with Gasteiger partial charge in [-0.05, 0) is 6.42 Å². The van der Waals surface area contributed by atoms with Gasteiger partial charge in [0.2, 0.25) is 0 Å². The van der Waals surface area contributed by atoms with Crippen LogP contribution in [0.2, 0.25) is 0 Å². The Morgan fingerprint density at radius 3 is 2.81 bits per heavy atom. The molecule has 0 aromatic carbocycles. The predicted molar refractivity (Wildman–Crippen MR) is 79.3 cm³/mol. The van der Waals surface area contributed by atoms with Crippen molar-refractivity contribution in [1.82, 2.24) is 15.0 Å². The molecule has 21 heavy (non-hydrogen) atoms. The summed E-state index contributed by atoms with van der Waals surface area (Å²) in [6.45, 7) is 3.35. The molecule has 0 spiro atoms. The monoisotopic (exact) mass is 308 g/mol. The number of piperidine rings is 1. The number of halogens is 1. The maximum absolute atomic E-state index is 14.3. The number of hydrogen-bond donors (Lipinski definition) is 0. The number of thiazole rings is 1. The molecular formula is C14H17FN4OS. The van der Waals surface area contributed by atoms with Crippen LogP contribution in [-0.2, 0) is 6.42 Å². The minimum atomic E-state index is -0.292. The third kappa shape index (κ3) is 3.12. The fourth-order valence-electron chi connectivity index (χ4n) is 2.46. The van der Waals surface area contributed by atoms with Crippen LogP contribution in [0.3, 0.4) is 0 Å². The lowest BCUT2D eigenvalue weighted by Gasteiger charge is -2.32. The first-order valence-corrected chi connectivity index (χ1v) is 7.96. The Bertz CT molecular complexity index is 585. The highest BCUT2D eigenvalue weighted by atomic mass is 32.1. The molecule has 0 aliphatic carbocycles. The van der Waals surface area contributed by atoms with E-state index in [1.807, 2.05) is 17.2 Å². The molecule has 3 heterocycles. The van der Waals surface area contributed by atoms with Crippen LogP contribution in [0.5, 0.6) is 5.19 Å². The van der Waals surface area contributed by atoms with Crippen LogP contribution in [0.25, 0.3) is 0 Å². The molecule has 5 nitrogen and oxygen atoms in total. The lowest BCUT2D eigenvalue weighted by atomic mass is 10.1. The van der Waals surface area contributed by atoms with E-state index in [1.165, 1.54) is 17.7 Å². The first kappa shape index (κ1) is 14.2. The maximum Gasteiger partial charge on any atom is 0.273 e. The van der Waals surface area contributed by atoms with Gasteiger partial charge in [0.15, 0.2) is 11.6 Å². The molecule has 2 aromatic rings. The molecule has 1 saturated heterocycles. The van der Waals surface area contributed by atoms with Crippen LogP contribution in [-0.4, -0.2) is 34.1 Å². The van der Waals surface area contributed by atoms with E-state index in [9.17, 15) is 4.39 Å². The van der Waals surface area contributed by atoms with Gasteiger partial charge in [-0.2, -0.15) is 0 Å². The fourth-order valence-corrected chi connectivity index (χ4v) is 3.01. The summed E-state index contributed by atoms with van der Waals surface area (Å²) in [5.74, 6) is 0.119. The van der Waals surface area contributed by atoms with Gasteiger partial charge in [0.25, 0.3) is 5.19 Å². The molecule has 1 aliphatic heterocycles. The van der Waals surface area contributed by atoms with Crippen molar-refractivity contribution in [1.29, 1.82) is 0 Å². The van der Waals surface area contributed by atoms with E-state index in [1.54, 1.807) is 6.20 Å². The van der Waals surface area contributed by atoms with Gasteiger partial charge in [0, 0.05) is 37.5 Å². The molecule has 0 bridgehead atoms. The number of hydrogen-bond acceptors (Lipinski definition) is 6. The van der Waals surface area contributed by atoms with Gasteiger partial charge in [0.05, 0.1) is 5.69 Å². The summed E-state index contributed by atoms with van der Waals surface area (Å²) in [6.07, 6.45) is 5.57. The third-order valence-corrected chi connectivity index (χ3v) is 4.26. The van der Waals surface area contributed by atoms with E-state index >= 15 is 0 Å². The van der Waals surface area contributed by atoms with Gasteiger partial charge in [-0.25, -0.2) is 19.3 Å². The van der Waals surface area contributed by atoms with E-state index in [-0.39, 0.29) is 11.9 Å². The van der Waals surface area contributed by atoms with Gasteiger partial charge in [-0.1, -0.05) is 18.3 Å². The first-order chi connectivity index (χ1) is 10.3. The zero-order valence-corrected chi connectivity index (χ0v) is 12.6. The molecule has 0 unspecified atom stereocenters. The van der Waals surface area contributed by atoms with Gasteiger partial charge in [-0.15, -0.1) is 0 Å². The average molecular weight is 308 g/mol. The smallest absolute Gasteiger partial charge is 0.273 e. The second kappa shape index (κ2) is 6.34. The molecule has 1 fully saturated rings. The highest BCUT2D eigenvalue weighted by Gasteiger charge is 2.24. The molecule has 0 amide bonds. The summed E-state index contributed by atoms with van der Waals surface area (Å²) in [4.78, 5) is 14.2. The summed E-state index contributed by atoms with van der Waals surface area (Å²) in [5, 5.41) is 2.60. The molecule has 3 rings (SSSR count). The lowest BCUT2D eigenvalue weighted by Crippen LogP contribution is -2.39. The van der Waals surface area contributed by atoms with Crippen LogP contribution < -0.4 is 9.64 Å². The maximum atomic E-state index is 14.3. The van der Waals surface area contributed by atoms with Crippen LogP contribution in [0.1, 0.15) is 25.5 Å². The second-order valence-electron chi connectivity index (χ2n) is 4.91. The van der Waals surface area contributed by atoms with Crippen LogP contribution in [0.15, 0.2) is 17.9 Å². The standard InChI is InChI=1S/C14H17FN4OS/c1-2-11-12(15)13(18-9-17-11)19-6-3-10(4-7-19)20-14-16-5-8-21-14/h5,8-10H,2-4,6-7H2,1H3. The average Bonchev–Trinajstić information content (AvgIpc) is 3.01. The number of rotatable bonds is 4. The number of ether oxygens (including phenoxy) is 1. The van der Waals surface area contributed by atoms with E-state index in [0.717, 1.165) is 25.9 Å². The fraction of sp³-hybridized carbons (Fsp3) is 0.500. The van der Waals surface area contributed by atoms with E-state index in [2.05, 4.69) is 15.0 Å². The van der Waals surface area contributed by atoms with Crippen molar-refractivity contribution in [3.63, 3.8) is 0 Å². The molecule has 0 radical (unpaired) electrons. The summed E-state index contributed by atoms with van der Waals surface area (Å²) in [6, 6.07) is 0. The highest BCUT2D eigenvalue weighted by molar-refractivity contribution is 7.11. The Labute approximate surface area is 126 Å². The molecule has 0 N–H and O–H groups in total. The Hall–Kier alpha value is -1.76. The van der Waals surface area contributed by atoms with Crippen molar-refractivity contribution in [2.24, 2.45) is 0 Å². The minimum absolute atomic E-state index is 0.142. The Balaban J connectivity index is 1.63. The van der Waals surface area contributed by atoms with Crippen molar-refractivity contribution < 1.29 is 9.13 Å². The third-order valence-electron chi connectivity index (χ3n) is 3.60. The van der Waals surface area contributed by atoms with Crippen molar-refractivity contribution in [2.75, 3.05) is 18.0 Å². The summed E-state index contributed by atoms with van der Waals surface area (Å²) >= 11 is 1.49. The molecule has 2 aromatic heterocycles. The zero-order chi connectivity index (χ0) is 14.7. The van der Waals surface area contributed by atoms with Gasteiger partial charge >= 0.3 is 0 Å². The number of anilines is 1. The van der Waals surface area contributed by atoms with Crippen LogP contribution in [0.4, 0.5) is 10.2 Å². The van der Waals surface area contributed by atoms with Gasteiger partial charge < -0.3 is 9.64 Å². The highest BCUT2D eigenvalue weighted by Crippen LogP contribution is 2.25. The minimum Gasteiger partial charge on any atom is -0.467 e. The van der Waals surface area contributed by atoms with E-state index in [0.29, 0.717) is 23.1 Å². The Morgan fingerprint density at radius 2 is 2.14 bits per heavy atom. The van der Waals surface area contributed by atoms with Crippen molar-refractivity contribution in [2.45, 2.75) is 32.3 Å². The topological polar surface area (TPSA) is 51.1 Å². The molecule has 0 atom stereocenters. The summed E-state index contributed by atoms with van der Waals surface area (Å²) in [7, 11) is 0. The Morgan fingerprint density at radius 1 is 1.33 bits per heavy atom. The summed E-state index contributed by atoms with van der Waals surface area (Å²) < 4.78 is 20.1. The first-order valence-electron chi connectivity index (χ1n) is 7.08. The largest absolute Gasteiger partial charge is 0.467 e. The van der Waals surface area contributed by atoms with E-state index in [4.69, 9.17) is 4.74 Å². The SMILES string of the molecule is CCc1ncnc(N2CCC(Oc3nccs3)CC2)c1F. The zero-order valence-electron chi connectivity index (χ0n) is 11.8. The van der Waals surface area contributed by atoms with Crippen molar-refractivity contribution >= 4 is 17.2 Å². The normalized spacial score (nSPS) is 16.2. The molecule has 1 aliphatic rings. The van der Waals surface area contributed by atoms with Crippen molar-refractivity contribution in [3.8, 4) is 5.19 Å². The molecule has 112 valence electrons. The molecule has 7 heteroatoms. The van der Waals surface area contributed by atoms with Gasteiger partial charge in [-0.3, -0.25) is 0 Å². The summed E-state index contributed by atoms with van der Waals surface area (Å²) in [5.41, 5.74) is 0.473. The molecule has 0 saturated carbocycles. The van der Waals surface area contributed by atoms with Crippen LogP contribution >= 0.6 is 11.3 Å². The van der Waals surface area contributed by atoms with Crippen molar-refractivity contribution in [3.05, 3.63) is 29.4 Å². The number of aryl methyl sites for hydroxylation is 1.